The maximum absolute atomic E-state index is 8.88. The van der Waals surface area contributed by atoms with Gasteiger partial charge in [0.05, 0.1) is 0 Å². The van der Waals surface area contributed by atoms with Crippen LogP contribution in [0.5, 0.6) is 0 Å². The van der Waals surface area contributed by atoms with E-state index < -0.39 is 7.05 Å². The summed E-state index contributed by atoms with van der Waals surface area (Å²) in [7, 11) is -0.488. The van der Waals surface area contributed by atoms with Gasteiger partial charge in [0, 0.05) is 19.3 Å². The largest absolute Gasteiger partial charge is 0.437 e. The van der Waals surface area contributed by atoms with Crippen molar-refractivity contribution >= 4 is 7.05 Å². The molecule has 0 amide bonds. The first-order valence-corrected chi connectivity index (χ1v) is 4.06. The van der Waals surface area contributed by atoms with Crippen LogP contribution in [-0.4, -0.2) is 31.3 Å². The van der Waals surface area contributed by atoms with Crippen molar-refractivity contribution in [3.63, 3.8) is 0 Å². The Morgan fingerprint density at radius 2 is 2.09 bits per heavy atom. The van der Waals surface area contributed by atoms with Gasteiger partial charge >= 0.3 is 7.05 Å². The number of hydrazine groups is 1. The highest BCUT2D eigenvalue weighted by Crippen LogP contribution is 2.04. The summed E-state index contributed by atoms with van der Waals surface area (Å²) in [4.78, 5) is 0. The Bertz CT molecular complexity index is 107. The van der Waals surface area contributed by atoms with E-state index in [-0.39, 0.29) is 0 Å². The number of hydrogen-bond acceptors (Lipinski definition) is 4. The predicted molar refractivity (Wildman–Crippen MR) is 43.9 cm³/mol. The molecule has 3 N–H and O–H groups in total. The molecule has 0 spiro atoms. The van der Waals surface area contributed by atoms with Crippen LogP contribution in [0.4, 0.5) is 0 Å². The predicted octanol–water partition coefficient (Wildman–Crippen LogP) is -0.630. The topological polar surface area (TPSA) is 53.5 Å². The molecule has 0 bridgehead atoms. The quantitative estimate of drug-likeness (QED) is 0.378. The summed E-state index contributed by atoms with van der Waals surface area (Å²) in [6.45, 7) is 3.32. The molecule has 64 valence electrons. The van der Waals surface area contributed by atoms with E-state index in [0.717, 1.165) is 26.1 Å². The molecule has 0 aromatic rings. The third-order valence-electron chi connectivity index (χ3n) is 1.72. The normalized spacial score (nSPS) is 20.2. The molecule has 11 heavy (non-hydrogen) atoms. The van der Waals surface area contributed by atoms with Crippen molar-refractivity contribution in [1.82, 2.24) is 10.8 Å². The molecule has 1 aliphatic rings. The summed E-state index contributed by atoms with van der Waals surface area (Å²) < 4.78 is 5.18. The lowest BCUT2D eigenvalue weighted by Gasteiger charge is -2.23. The van der Waals surface area contributed by atoms with Crippen LogP contribution >= 0.6 is 0 Å². The number of rotatable bonds is 3. The molecule has 4 nitrogen and oxygen atoms in total. The van der Waals surface area contributed by atoms with Crippen molar-refractivity contribution in [2.75, 3.05) is 13.2 Å². The highest BCUT2D eigenvalue weighted by atomic mass is 16.5. The van der Waals surface area contributed by atoms with Crippen LogP contribution in [0.25, 0.3) is 0 Å². The monoisotopic (exact) mass is 158 g/mol. The third kappa shape index (κ3) is 3.72. The van der Waals surface area contributed by atoms with E-state index in [2.05, 4.69) is 10.8 Å². The Morgan fingerprint density at radius 3 is 2.64 bits per heavy atom. The molecule has 0 atom stereocenters. The third-order valence-corrected chi connectivity index (χ3v) is 1.72. The van der Waals surface area contributed by atoms with Gasteiger partial charge < -0.3 is 9.76 Å². The van der Waals surface area contributed by atoms with Gasteiger partial charge in [-0.05, 0) is 19.7 Å². The molecule has 0 aromatic carbocycles. The molecule has 0 saturated carbocycles. The average Bonchev–Trinajstić information content (AvgIpc) is 2.03. The molecule has 1 heterocycles. The Morgan fingerprint density at radius 1 is 1.45 bits per heavy atom. The lowest BCUT2D eigenvalue weighted by molar-refractivity contribution is 0.0761. The van der Waals surface area contributed by atoms with Gasteiger partial charge in [0.2, 0.25) is 0 Å². The van der Waals surface area contributed by atoms with Gasteiger partial charge in [0.1, 0.15) is 0 Å². The van der Waals surface area contributed by atoms with Crippen LogP contribution < -0.4 is 10.8 Å². The van der Waals surface area contributed by atoms with E-state index in [1.54, 1.807) is 6.82 Å². The van der Waals surface area contributed by atoms with Crippen LogP contribution in [0.1, 0.15) is 12.8 Å². The second-order valence-corrected chi connectivity index (χ2v) is 2.85. The maximum Gasteiger partial charge on any atom is 0.387 e. The summed E-state index contributed by atoms with van der Waals surface area (Å²) in [5.74, 6) is 0. The summed E-state index contributed by atoms with van der Waals surface area (Å²) in [5.41, 5.74) is 3.04. The molecule has 1 rings (SSSR count). The molecule has 0 aromatic heterocycles. The van der Waals surface area contributed by atoms with E-state index in [9.17, 15) is 0 Å². The van der Waals surface area contributed by atoms with Crippen LogP contribution in [0.3, 0.4) is 0 Å². The SMILES string of the molecule is CB(O)NNC1CCOCC1. The van der Waals surface area contributed by atoms with Gasteiger partial charge in [-0.1, -0.05) is 0 Å². The van der Waals surface area contributed by atoms with E-state index in [1.165, 1.54) is 0 Å². The van der Waals surface area contributed by atoms with Gasteiger partial charge in [0.25, 0.3) is 0 Å². The van der Waals surface area contributed by atoms with E-state index in [4.69, 9.17) is 9.76 Å². The first-order valence-electron chi connectivity index (χ1n) is 4.06. The minimum Gasteiger partial charge on any atom is -0.437 e. The number of ether oxygens (including phenoxy) is 1. The van der Waals surface area contributed by atoms with Crippen molar-refractivity contribution in [3.8, 4) is 0 Å². The minimum atomic E-state index is -0.488. The number of hydrogen-bond donors (Lipinski definition) is 3. The van der Waals surface area contributed by atoms with Crippen LogP contribution in [0.2, 0.25) is 6.82 Å². The van der Waals surface area contributed by atoms with Crippen LogP contribution in [0, 0.1) is 0 Å². The molecular formula is C6H15BN2O2. The first-order chi connectivity index (χ1) is 5.29. The van der Waals surface area contributed by atoms with Gasteiger partial charge in [-0.3, -0.25) is 10.8 Å². The van der Waals surface area contributed by atoms with E-state index in [1.807, 2.05) is 0 Å². The van der Waals surface area contributed by atoms with E-state index in [0.29, 0.717) is 6.04 Å². The maximum atomic E-state index is 8.88. The molecule has 1 saturated heterocycles. The summed E-state index contributed by atoms with van der Waals surface area (Å²) >= 11 is 0. The van der Waals surface area contributed by atoms with Crippen LogP contribution in [-0.2, 0) is 4.74 Å². The highest BCUT2D eigenvalue weighted by Gasteiger charge is 2.13. The van der Waals surface area contributed by atoms with Crippen molar-refractivity contribution < 1.29 is 9.76 Å². The summed E-state index contributed by atoms with van der Waals surface area (Å²) in [5, 5.41) is 11.6. The smallest absolute Gasteiger partial charge is 0.387 e. The van der Waals surface area contributed by atoms with Gasteiger partial charge in [-0.2, -0.15) is 0 Å². The lowest BCUT2D eigenvalue weighted by Crippen LogP contribution is -2.49. The molecule has 0 aliphatic carbocycles. The van der Waals surface area contributed by atoms with Crippen molar-refractivity contribution in [2.24, 2.45) is 0 Å². The average molecular weight is 158 g/mol. The second kappa shape index (κ2) is 4.72. The minimum absolute atomic E-state index is 0.443. The molecule has 1 aliphatic heterocycles. The fourth-order valence-electron chi connectivity index (χ4n) is 1.08. The molecule has 0 radical (unpaired) electrons. The second-order valence-electron chi connectivity index (χ2n) is 2.85. The summed E-state index contributed by atoms with van der Waals surface area (Å²) in [6.07, 6.45) is 2.03. The summed E-state index contributed by atoms with van der Waals surface area (Å²) in [6, 6.07) is 0.443. The highest BCUT2D eigenvalue weighted by molar-refractivity contribution is 6.45. The van der Waals surface area contributed by atoms with Gasteiger partial charge in [-0.25, -0.2) is 0 Å². The Kier molecular flexibility index (Phi) is 3.86. The fraction of sp³-hybridized carbons (Fsp3) is 1.00. The standard InChI is InChI=1S/C6H15BN2O2/c1-7(10)9-8-6-2-4-11-5-3-6/h6,8-10H,2-5H2,1H3. The van der Waals surface area contributed by atoms with Gasteiger partial charge in [-0.15, -0.1) is 0 Å². The zero-order valence-electron chi connectivity index (χ0n) is 6.84. The lowest BCUT2D eigenvalue weighted by atomic mass is 9.91. The Labute approximate surface area is 67.4 Å². The molecule has 1 fully saturated rings. The fourth-order valence-corrected chi connectivity index (χ4v) is 1.08. The Hall–Kier alpha value is -0.0951. The van der Waals surface area contributed by atoms with Crippen molar-refractivity contribution in [2.45, 2.75) is 25.7 Å². The van der Waals surface area contributed by atoms with Crippen LogP contribution in [0.15, 0.2) is 0 Å². The van der Waals surface area contributed by atoms with E-state index >= 15 is 0 Å². The molecule has 5 heteroatoms. The van der Waals surface area contributed by atoms with Crippen molar-refractivity contribution in [1.29, 1.82) is 0 Å². The molecular weight excluding hydrogens is 143 g/mol. The number of nitrogens with one attached hydrogen (secondary N) is 2. The van der Waals surface area contributed by atoms with Crippen molar-refractivity contribution in [3.05, 3.63) is 0 Å². The Balaban J connectivity index is 2.05. The first kappa shape index (κ1) is 9.00. The zero-order valence-corrected chi connectivity index (χ0v) is 6.84. The zero-order chi connectivity index (χ0) is 8.10. The molecule has 0 unspecified atom stereocenters. The van der Waals surface area contributed by atoms with Gasteiger partial charge in [0.15, 0.2) is 0 Å².